The molecule has 0 unspecified atom stereocenters. The number of hydrogen-bond donors (Lipinski definition) is 3. The number of rotatable bonds is 4. The van der Waals surface area contributed by atoms with Crippen molar-refractivity contribution in [3.05, 3.63) is 55.2 Å². The van der Waals surface area contributed by atoms with Gasteiger partial charge in [-0.05, 0) is 25.1 Å². The highest BCUT2D eigenvalue weighted by Crippen LogP contribution is 2.37. The summed E-state index contributed by atoms with van der Waals surface area (Å²) in [5, 5.41) is 20.0. The molecule has 30 heavy (non-hydrogen) atoms. The second-order valence-electron chi connectivity index (χ2n) is 6.52. The minimum atomic E-state index is -0.607. The Labute approximate surface area is 178 Å². The fraction of sp³-hybridized carbons (Fsp3) is 0.167. The molecule has 12 heteroatoms. The monoisotopic (exact) mass is 447 g/mol. The summed E-state index contributed by atoms with van der Waals surface area (Å²) in [5.41, 5.74) is -0.134. The lowest BCUT2D eigenvalue weighted by atomic mass is 10.2. The van der Waals surface area contributed by atoms with Crippen LogP contribution in [0.15, 0.2) is 49.1 Å². The van der Waals surface area contributed by atoms with E-state index in [0.717, 1.165) is 0 Å². The highest BCUT2D eigenvalue weighted by atomic mass is 35.5. The number of aromatic amines is 2. The van der Waals surface area contributed by atoms with Crippen molar-refractivity contribution in [1.82, 2.24) is 24.1 Å². The summed E-state index contributed by atoms with van der Waals surface area (Å²) < 4.78 is 2.67. The zero-order valence-electron chi connectivity index (χ0n) is 15.8. The molecule has 0 spiro atoms. The van der Waals surface area contributed by atoms with Crippen LogP contribution in [0.2, 0.25) is 5.02 Å². The maximum absolute atomic E-state index is 12.4. The molecule has 0 fully saturated rings. The van der Waals surface area contributed by atoms with Crippen molar-refractivity contribution in [2.24, 2.45) is 17.3 Å². The van der Waals surface area contributed by atoms with Crippen LogP contribution in [0.25, 0.3) is 22.1 Å². The molecule has 4 rings (SSSR count). The number of halogens is 2. The number of benzene rings is 1. The quantitative estimate of drug-likeness (QED) is 0.409. The van der Waals surface area contributed by atoms with Crippen LogP contribution in [0.1, 0.15) is 6.92 Å². The van der Waals surface area contributed by atoms with Crippen molar-refractivity contribution in [2.45, 2.75) is 13.5 Å². The molecule has 0 aliphatic rings. The number of azo groups is 1. The Bertz CT molecular complexity index is 1470. The lowest BCUT2D eigenvalue weighted by molar-refractivity contribution is 0.459. The van der Waals surface area contributed by atoms with Gasteiger partial charge in [-0.1, -0.05) is 29.3 Å². The molecule has 3 heterocycles. The summed E-state index contributed by atoms with van der Waals surface area (Å²) >= 11 is 12.0. The summed E-state index contributed by atoms with van der Waals surface area (Å²) in [6.45, 7) is 1.86. The third kappa shape index (κ3) is 3.40. The molecule has 3 N–H and O–H groups in total. The number of imidazole rings is 1. The van der Waals surface area contributed by atoms with Crippen LogP contribution in [0, 0.1) is 0 Å². The minimum Gasteiger partial charge on any atom is -0.493 e. The Kier molecular flexibility index (Phi) is 4.96. The molecule has 0 amide bonds. The first kappa shape index (κ1) is 19.9. The summed E-state index contributed by atoms with van der Waals surface area (Å²) in [6.07, 6.45) is 1.66. The van der Waals surface area contributed by atoms with Crippen LogP contribution in [0.4, 0.5) is 11.6 Å². The average molecular weight is 448 g/mol. The molecule has 0 aliphatic heterocycles. The summed E-state index contributed by atoms with van der Waals surface area (Å²) in [7, 11) is 1.48. The zero-order chi connectivity index (χ0) is 21.6. The van der Waals surface area contributed by atoms with E-state index in [0.29, 0.717) is 21.0 Å². The first-order valence-corrected chi connectivity index (χ1v) is 9.45. The first-order chi connectivity index (χ1) is 14.3. The van der Waals surface area contributed by atoms with Crippen LogP contribution in [0.3, 0.4) is 0 Å². The lowest BCUT2D eigenvalue weighted by Crippen LogP contribution is -2.29. The predicted molar refractivity (Wildman–Crippen MR) is 114 cm³/mol. The predicted octanol–water partition coefficient (Wildman–Crippen LogP) is 3.82. The molecule has 0 atom stereocenters. The number of aryl methyl sites for hydroxylation is 1. The maximum atomic E-state index is 12.4. The number of fused-ring (bicyclic) bond motifs is 2. The van der Waals surface area contributed by atoms with E-state index in [1.165, 1.54) is 16.2 Å². The Morgan fingerprint density at radius 3 is 2.80 bits per heavy atom. The van der Waals surface area contributed by atoms with Gasteiger partial charge < -0.3 is 10.1 Å². The van der Waals surface area contributed by atoms with Crippen molar-refractivity contribution in [3.8, 4) is 5.88 Å². The van der Waals surface area contributed by atoms with E-state index in [1.807, 2.05) is 0 Å². The van der Waals surface area contributed by atoms with Crippen molar-refractivity contribution < 1.29 is 5.11 Å². The molecular weight excluding hydrogens is 433 g/mol. The molecule has 3 aromatic heterocycles. The third-order valence-electron chi connectivity index (χ3n) is 4.50. The number of aromatic hydroxyl groups is 1. The first-order valence-electron chi connectivity index (χ1n) is 8.70. The van der Waals surface area contributed by atoms with Crippen LogP contribution in [0.5, 0.6) is 5.88 Å². The highest BCUT2D eigenvalue weighted by molar-refractivity contribution is 6.31. The van der Waals surface area contributed by atoms with E-state index < -0.39 is 11.2 Å². The van der Waals surface area contributed by atoms with E-state index in [-0.39, 0.29) is 35.2 Å². The molecule has 0 radical (unpaired) electrons. The zero-order valence-corrected chi connectivity index (χ0v) is 17.3. The lowest BCUT2D eigenvalue weighted by Gasteiger charge is -2.02. The molecule has 0 saturated carbocycles. The van der Waals surface area contributed by atoms with Crippen molar-refractivity contribution in [1.29, 1.82) is 0 Å². The molecule has 10 nitrogen and oxygen atoms in total. The molecule has 1 aromatic carbocycles. The molecule has 154 valence electrons. The fourth-order valence-electron chi connectivity index (χ4n) is 3.02. The van der Waals surface area contributed by atoms with Gasteiger partial charge in [0.05, 0.1) is 5.52 Å². The number of H-pyrrole nitrogens is 2. The van der Waals surface area contributed by atoms with Gasteiger partial charge in [0.25, 0.3) is 11.5 Å². The summed E-state index contributed by atoms with van der Waals surface area (Å²) in [4.78, 5) is 33.7. The Balaban J connectivity index is 1.93. The Hall–Kier alpha value is -3.37. The summed E-state index contributed by atoms with van der Waals surface area (Å²) in [5.74, 6) is -0.137. The smallest absolute Gasteiger partial charge is 0.329 e. The number of nitrogens with one attached hydrogen (secondary N) is 2. The van der Waals surface area contributed by atoms with E-state index in [2.05, 4.69) is 25.2 Å². The minimum absolute atomic E-state index is 0.0571. The van der Waals surface area contributed by atoms with Gasteiger partial charge in [0.1, 0.15) is 0 Å². The van der Waals surface area contributed by atoms with E-state index in [9.17, 15) is 14.7 Å². The van der Waals surface area contributed by atoms with Gasteiger partial charge in [0.2, 0.25) is 5.88 Å². The molecule has 0 saturated heterocycles. The van der Waals surface area contributed by atoms with Gasteiger partial charge in [-0.3, -0.25) is 18.9 Å². The van der Waals surface area contributed by atoms with Crippen LogP contribution in [-0.2, 0) is 13.6 Å². The fourth-order valence-corrected chi connectivity index (χ4v) is 3.26. The number of hydrogen-bond acceptors (Lipinski definition) is 6. The largest absolute Gasteiger partial charge is 0.493 e. The number of aromatic nitrogens is 5. The standard InChI is InChI=1S/C18H15Cl2N7O3/c1-8(19)5-6-27-13-14(26(2)18(30)23-16(13)29)22-17(27)25-24-12-10-7-9(20)3-4-11(10)21-15(12)28/h3-5,7,21,28H,6H2,1-2H3,(H,23,29,30)/b8-5+,25-24?. The SMILES string of the molecule is C/C(Cl)=C\Cn1c(N=Nc2c(O)[nH]c3ccc(Cl)cc23)nc2c1c(=O)[nH]c(=O)n2C. The molecule has 0 aliphatic carbocycles. The van der Waals surface area contributed by atoms with E-state index >= 15 is 0 Å². The highest BCUT2D eigenvalue weighted by Gasteiger charge is 2.17. The van der Waals surface area contributed by atoms with Crippen molar-refractivity contribution in [2.75, 3.05) is 0 Å². The molecular formula is C18H15Cl2N7O3. The average Bonchev–Trinajstić information content (AvgIpc) is 3.20. The third-order valence-corrected chi connectivity index (χ3v) is 4.89. The van der Waals surface area contributed by atoms with Gasteiger partial charge in [-0.15, -0.1) is 10.2 Å². The Morgan fingerprint density at radius 2 is 2.07 bits per heavy atom. The van der Waals surface area contributed by atoms with E-state index in [1.54, 1.807) is 31.2 Å². The van der Waals surface area contributed by atoms with Crippen molar-refractivity contribution in [3.63, 3.8) is 0 Å². The van der Waals surface area contributed by atoms with E-state index in [4.69, 9.17) is 23.2 Å². The van der Waals surface area contributed by atoms with Gasteiger partial charge in [0.15, 0.2) is 16.9 Å². The normalized spacial score (nSPS) is 12.6. The van der Waals surface area contributed by atoms with Crippen LogP contribution >= 0.6 is 23.2 Å². The maximum Gasteiger partial charge on any atom is 0.329 e. The molecule has 0 bridgehead atoms. The number of allylic oxidation sites excluding steroid dienone is 2. The van der Waals surface area contributed by atoms with Gasteiger partial charge in [-0.25, -0.2) is 4.79 Å². The topological polar surface area (TPSA) is 133 Å². The van der Waals surface area contributed by atoms with Crippen LogP contribution < -0.4 is 11.2 Å². The van der Waals surface area contributed by atoms with Gasteiger partial charge >= 0.3 is 5.69 Å². The number of nitrogens with zero attached hydrogens (tertiary/aromatic N) is 5. The molecule has 4 aromatic rings. The second-order valence-corrected chi connectivity index (χ2v) is 7.55. The van der Waals surface area contributed by atoms with Gasteiger partial charge in [-0.2, -0.15) is 4.98 Å². The summed E-state index contributed by atoms with van der Waals surface area (Å²) in [6, 6.07) is 5.02. The van der Waals surface area contributed by atoms with Crippen LogP contribution in [-0.4, -0.2) is 29.2 Å². The Morgan fingerprint density at radius 1 is 1.30 bits per heavy atom. The van der Waals surface area contributed by atoms with Crippen molar-refractivity contribution >= 4 is 56.9 Å². The van der Waals surface area contributed by atoms with Gasteiger partial charge in [0, 0.05) is 29.0 Å². The second kappa shape index (κ2) is 7.47.